The summed E-state index contributed by atoms with van der Waals surface area (Å²) < 4.78 is 1.38. The lowest BCUT2D eigenvalue weighted by atomic mass is 9.83. The first-order valence-electron chi connectivity index (χ1n) is 7.48. The highest BCUT2D eigenvalue weighted by Crippen LogP contribution is 2.34. The molecule has 0 spiro atoms. The lowest BCUT2D eigenvalue weighted by Gasteiger charge is -2.47. The Morgan fingerprint density at radius 3 is 2.62 bits per heavy atom. The first-order valence-corrected chi connectivity index (χ1v) is 7.48. The molecule has 0 amide bonds. The second kappa shape index (κ2) is 5.08. The number of hydrogen-bond donors (Lipinski definition) is 0. The summed E-state index contributed by atoms with van der Waals surface area (Å²) in [6.45, 7) is 7.77. The molecule has 2 aliphatic rings. The molecule has 0 aliphatic carbocycles. The minimum atomic E-state index is 0.944. The molecule has 2 bridgehead atoms. The molecule has 2 aliphatic heterocycles. The summed E-state index contributed by atoms with van der Waals surface area (Å²) in [5.74, 6) is 2.00. The van der Waals surface area contributed by atoms with Gasteiger partial charge in [-0.1, -0.05) is 20.3 Å². The summed E-state index contributed by atoms with van der Waals surface area (Å²) in [7, 11) is 2.54. The first kappa shape index (κ1) is 12.4. The summed E-state index contributed by atoms with van der Waals surface area (Å²) in [6.07, 6.45) is 10.4. The lowest BCUT2D eigenvalue weighted by molar-refractivity contribution is -0.938. The molecule has 0 saturated carbocycles. The first-order chi connectivity index (χ1) is 7.64. The molecule has 1 nitrogen and oxygen atoms in total. The molecule has 1 heteroatoms. The molecule has 0 aromatic rings. The zero-order valence-electron chi connectivity index (χ0n) is 11.5. The molecule has 4 atom stereocenters. The van der Waals surface area contributed by atoms with Crippen molar-refractivity contribution in [2.75, 3.05) is 20.1 Å². The zero-order chi connectivity index (χ0) is 11.6. The van der Waals surface area contributed by atoms with Crippen molar-refractivity contribution in [3.8, 4) is 0 Å². The fourth-order valence-electron chi connectivity index (χ4n) is 4.26. The second-order valence-corrected chi connectivity index (χ2v) is 6.72. The molecule has 0 aromatic heterocycles. The number of hydrogen-bond acceptors (Lipinski definition) is 0. The van der Waals surface area contributed by atoms with Crippen LogP contribution in [-0.4, -0.2) is 30.7 Å². The Kier molecular flexibility index (Phi) is 3.94. The summed E-state index contributed by atoms with van der Waals surface area (Å²) >= 11 is 0. The van der Waals surface area contributed by atoms with Gasteiger partial charge in [0, 0.05) is 5.92 Å². The maximum absolute atomic E-state index is 2.54. The van der Waals surface area contributed by atoms with Crippen molar-refractivity contribution >= 4 is 0 Å². The third-order valence-corrected chi connectivity index (χ3v) is 5.35. The highest BCUT2D eigenvalue weighted by molar-refractivity contribution is 4.72. The van der Waals surface area contributed by atoms with Gasteiger partial charge in [-0.2, -0.15) is 0 Å². The van der Waals surface area contributed by atoms with Gasteiger partial charge in [-0.3, -0.25) is 0 Å². The number of fused-ring (bicyclic) bond motifs is 3. The van der Waals surface area contributed by atoms with Gasteiger partial charge in [-0.05, 0) is 44.4 Å². The quantitative estimate of drug-likeness (QED) is 0.594. The highest BCUT2D eigenvalue weighted by Gasteiger charge is 2.36. The summed E-state index contributed by atoms with van der Waals surface area (Å²) in [4.78, 5) is 0. The topological polar surface area (TPSA) is 0 Å². The standard InChI is InChI=1S/C15H30N/c1-4-15-7-5-6-14-9-8-13(2)12-16(15,3)11-10-14/h13-15H,4-12H2,1-3H3/q+1. The van der Waals surface area contributed by atoms with Crippen molar-refractivity contribution < 1.29 is 4.48 Å². The smallest absolute Gasteiger partial charge is 0.0885 e. The fourth-order valence-corrected chi connectivity index (χ4v) is 4.26. The third-order valence-electron chi connectivity index (χ3n) is 5.35. The number of nitrogens with zero attached hydrogens (tertiary/aromatic N) is 1. The Balaban J connectivity index is 2.16. The van der Waals surface area contributed by atoms with Crippen LogP contribution in [0.1, 0.15) is 58.8 Å². The van der Waals surface area contributed by atoms with E-state index >= 15 is 0 Å². The molecular formula is C15H30N+. The molecule has 2 fully saturated rings. The Labute approximate surface area is 102 Å². The van der Waals surface area contributed by atoms with Gasteiger partial charge in [-0.15, -0.1) is 0 Å². The van der Waals surface area contributed by atoms with Crippen molar-refractivity contribution in [1.82, 2.24) is 0 Å². The van der Waals surface area contributed by atoms with Crippen molar-refractivity contribution in [3.63, 3.8) is 0 Å². The van der Waals surface area contributed by atoms with Crippen LogP contribution in [0.15, 0.2) is 0 Å². The Hall–Kier alpha value is -0.0400. The highest BCUT2D eigenvalue weighted by atomic mass is 15.4. The predicted octanol–water partition coefficient (Wildman–Crippen LogP) is 3.83. The van der Waals surface area contributed by atoms with Crippen LogP contribution < -0.4 is 0 Å². The van der Waals surface area contributed by atoms with Crippen molar-refractivity contribution in [2.24, 2.45) is 11.8 Å². The Bertz CT molecular complexity index is 225. The van der Waals surface area contributed by atoms with Crippen LogP contribution in [-0.2, 0) is 0 Å². The second-order valence-electron chi connectivity index (χ2n) is 6.72. The maximum atomic E-state index is 2.54. The summed E-state index contributed by atoms with van der Waals surface area (Å²) in [6, 6.07) is 0.946. The molecular weight excluding hydrogens is 194 g/mol. The van der Waals surface area contributed by atoms with E-state index in [0.717, 1.165) is 17.9 Å². The van der Waals surface area contributed by atoms with Gasteiger partial charge in [0.1, 0.15) is 0 Å². The maximum Gasteiger partial charge on any atom is 0.0885 e. The Morgan fingerprint density at radius 1 is 1.06 bits per heavy atom. The molecule has 16 heavy (non-hydrogen) atoms. The monoisotopic (exact) mass is 224 g/mol. The van der Waals surface area contributed by atoms with Crippen LogP contribution in [0.2, 0.25) is 0 Å². The van der Waals surface area contributed by atoms with E-state index in [1.54, 1.807) is 0 Å². The summed E-state index contributed by atoms with van der Waals surface area (Å²) in [5.41, 5.74) is 0. The number of quaternary nitrogens is 1. The van der Waals surface area contributed by atoms with Crippen LogP contribution in [0.25, 0.3) is 0 Å². The third kappa shape index (κ3) is 2.61. The molecule has 4 unspecified atom stereocenters. The van der Waals surface area contributed by atoms with E-state index in [1.165, 1.54) is 62.5 Å². The fraction of sp³-hybridized carbons (Fsp3) is 1.00. The van der Waals surface area contributed by atoms with E-state index in [2.05, 4.69) is 20.9 Å². The normalized spacial score (nSPS) is 45.6. The molecule has 0 radical (unpaired) electrons. The van der Waals surface area contributed by atoms with Crippen molar-refractivity contribution in [2.45, 2.75) is 64.8 Å². The predicted molar refractivity (Wildman–Crippen MR) is 70.4 cm³/mol. The van der Waals surface area contributed by atoms with Gasteiger partial charge in [0.2, 0.25) is 0 Å². The Morgan fingerprint density at radius 2 is 1.88 bits per heavy atom. The van der Waals surface area contributed by atoms with Crippen LogP contribution in [0.3, 0.4) is 0 Å². The summed E-state index contributed by atoms with van der Waals surface area (Å²) in [5, 5.41) is 0. The van der Waals surface area contributed by atoms with E-state index in [9.17, 15) is 0 Å². The van der Waals surface area contributed by atoms with Crippen LogP contribution in [0.4, 0.5) is 0 Å². The van der Waals surface area contributed by atoms with E-state index in [0.29, 0.717) is 0 Å². The van der Waals surface area contributed by atoms with E-state index < -0.39 is 0 Å². The molecule has 0 N–H and O–H groups in total. The molecule has 2 rings (SSSR count). The van der Waals surface area contributed by atoms with Crippen LogP contribution >= 0.6 is 0 Å². The van der Waals surface area contributed by atoms with Gasteiger partial charge in [-0.25, -0.2) is 0 Å². The van der Waals surface area contributed by atoms with Crippen molar-refractivity contribution in [3.05, 3.63) is 0 Å². The van der Waals surface area contributed by atoms with Gasteiger partial charge in [0.05, 0.1) is 26.2 Å². The lowest BCUT2D eigenvalue weighted by Crippen LogP contribution is -2.56. The average Bonchev–Trinajstić information content (AvgIpc) is 2.23. The average molecular weight is 224 g/mol. The molecule has 0 aromatic carbocycles. The van der Waals surface area contributed by atoms with E-state index in [-0.39, 0.29) is 0 Å². The number of rotatable bonds is 1. The SMILES string of the molecule is CCC1CCCC2CCC(C)C[N+]1(C)CC2. The van der Waals surface area contributed by atoms with Gasteiger partial charge in [0.25, 0.3) is 0 Å². The minimum absolute atomic E-state index is 0.944. The minimum Gasteiger partial charge on any atom is -0.323 e. The van der Waals surface area contributed by atoms with Gasteiger partial charge >= 0.3 is 0 Å². The van der Waals surface area contributed by atoms with Crippen LogP contribution in [0.5, 0.6) is 0 Å². The van der Waals surface area contributed by atoms with Gasteiger partial charge in [0.15, 0.2) is 0 Å². The van der Waals surface area contributed by atoms with Crippen LogP contribution in [0, 0.1) is 11.8 Å². The zero-order valence-corrected chi connectivity index (χ0v) is 11.5. The van der Waals surface area contributed by atoms with Gasteiger partial charge < -0.3 is 4.48 Å². The molecule has 94 valence electrons. The molecule has 2 saturated heterocycles. The van der Waals surface area contributed by atoms with Crippen molar-refractivity contribution in [1.29, 1.82) is 0 Å². The van der Waals surface area contributed by atoms with E-state index in [4.69, 9.17) is 0 Å². The molecule has 2 heterocycles. The largest absolute Gasteiger partial charge is 0.323 e. The van der Waals surface area contributed by atoms with E-state index in [1.807, 2.05) is 0 Å².